The van der Waals surface area contributed by atoms with E-state index < -0.39 is 0 Å². The lowest BCUT2D eigenvalue weighted by Gasteiger charge is -2.29. The van der Waals surface area contributed by atoms with Crippen LogP contribution in [0.3, 0.4) is 0 Å². The van der Waals surface area contributed by atoms with Gasteiger partial charge in [-0.1, -0.05) is 12.1 Å². The fraction of sp³-hybridized carbons (Fsp3) is 0.250. The van der Waals surface area contributed by atoms with Crippen LogP contribution in [0, 0.1) is 6.92 Å². The van der Waals surface area contributed by atoms with Crippen LogP contribution in [0.1, 0.15) is 22.7 Å². The summed E-state index contributed by atoms with van der Waals surface area (Å²) >= 11 is 0. The molecule has 5 nitrogen and oxygen atoms in total. The Bertz CT molecular complexity index is 875. The number of nitrogens with zero attached hydrogens (tertiary/aromatic N) is 2. The predicted octanol–water partition coefficient (Wildman–Crippen LogP) is 3.69. The van der Waals surface area contributed by atoms with Gasteiger partial charge in [-0.2, -0.15) is 0 Å². The molecule has 1 aliphatic heterocycles. The molecule has 0 radical (unpaired) electrons. The Morgan fingerprint density at radius 1 is 1.16 bits per heavy atom. The van der Waals surface area contributed by atoms with Gasteiger partial charge in [0, 0.05) is 42.7 Å². The van der Waals surface area contributed by atoms with Crippen molar-refractivity contribution >= 4 is 0 Å². The molecule has 0 saturated carbocycles. The Kier molecular flexibility index (Phi) is 4.15. The number of benzene rings is 2. The first-order valence-electron chi connectivity index (χ1n) is 8.40. The van der Waals surface area contributed by atoms with Crippen molar-refractivity contribution in [1.29, 1.82) is 0 Å². The Balaban J connectivity index is 1.64. The Labute approximate surface area is 147 Å². The maximum absolute atomic E-state index is 6.15. The quantitative estimate of drug-likeness (QED) is 0.773. The molecule has 3 aromatic rings. The molecule has 1 N–H and O–H groups in total. The summed E-state index contributed by atoms with van der Waals surface area (Å²) in [6.45, 7) is 3.77. The smallest absolute Gasteiger partial charge is 0.136 e. The minimum absolute atomic E-state index is 0.0915. The van der Waals surface area contributed by atoms with Gasteiger partial charge in [-0.05, 0) is 30.7 Å². The van der Waals surface area contributed by atoms with E-state index in [4.69, 9.17) is 9.47 Å². The lowest BCUT2D eigenvalue weighted by molar-refractivity contribution is 0.398. The van der Waals surface area contributed by atoms with Gasteiger partial charge >= 0.3 is 0 Å². The number of ether oxygens (including phenoxy) is 2. The zero-order valence-electron chi connectivity index (χ0n) is 14.4. The largest absolute Gasteiger partial charge is 0.497 e. The first-order chi connectivity index (χ1) is 12.2. The van der Waals surface area contributed by atoms with Crippen LogP contribution < -0.4 is 14.8 Å². The highest BCUT2D eigenvalue weighted by atomic mass is 16.5. The third kappa shape index (κ3) is 3.10. The molecule has 0 saturated heterocycles. The van der Waals surface area contributed by atoms with E-state index in [0.717, 1.165) is 41.5 Å². The molecule has 5 heteroatoms. The summed E-state index contributed by atoms with van der Waals surface area (Å²) in [5.41, 5.74) is 3.47. The van der Waals surface area contributed by atoms with Crippen LogP contribution in [-0.2, 0) is 6.54 Å². The molecule has 0 fully saturated rings. The van der Waals surface area contributed by atoms with Gasteiger partial charge < -0.3 is 19.4 Å². The second kappa shape index (κ2) is 6.61. The zero-order valence-corrected chi connectivity index (χ0v) is 14.4. The van der Waals surface area contributed by atoms with Crippen molar-refractivity contribution in [2.45, 2.75) is 19.5 Å². The highest BCUT2D eigenvalue weighted by molar-refractivity contribution is 5.55. The topological polar surface area (TPSA) is 48.3 Å². The first kappa shape index (κ1) is 15.7. The lowest BCUT2D eigenvalue weighted by Crippen LogP contribution is -2.28. The zero-order chi connectivity index (χ0) is 17.2. The first-order valence-corrected chi connectivity index (χ1v) is 8.40. The summed E-state index contributed by atoms with van der Waals surface area (Å²) in [7, 11) is 1.67. The van der Waals surface area contributed by atoms with Crippen LogP contribution in [0.2, 0.25) is 0 Å². The van der Waals surface area contributed by atoms with Crippen molar-refractivity contribution < 1.29 is 9.47 Å². The molecule has 1 aromatic heterocycles. The van der Waals surface area contributed by atoms with Crippen molar-refractivity contribution in [2.75, 3.05) is 13.7 Å². The van der Waals surface area contributed by atoms with Crippen molar-refractivity contribution in [2.24, 2.45) is 0 Å². The Morgan fingerprint density at radius 2 is 1.96 bits per heavy atom. The number of imidazole rings is 1. The molecule has 2 heterocycles. The Hall–Kier alpha value is -2.79. The van der Waals surface area contributed by atoms with Crippen molar-refractivity contribution in [3.8, 4) is 17.2 Å². The van der Waals surface area contributed by atoms with Crippen molar-refractivity contribution in [1.82, 2.24) is 14.9 Å². The van der Waals surface area contributed by atoms with Crippen molar-refractivity contribution in [3.63, 3.8) is 0 Å². The van der Waals surface area contributed by atoms with E-state index in [1.807, 2.05) is 24.7 Å². The fourth-order valence-electron chi connectivity index (χ4n) is 3.20. The van der Waals surface area contributed by atoms with E-state index in [0.29, 0.717) is 0 Å². The van der Waals surface area contributed by atoms with E-state index in [1.54, 1.807) is 13.3 Å². The van der Waals surface area contributed by atoms with Gasteiger partial charge in [-0.25, -0.2) is 4.98 Å². The molecule has 25 heavy (non-hydrogen) atoms. The average molecular weight is 335 g/mol. The van der Waals surface area contributed by atoms with Gasteiger partial charge in [-0.15, -0.1) is 0 Å². The van der Waals surface area contributed by atoms with E-state index in [-0.39, 0.29) is 6.04 Å². The molecule has 4 rings (SSSR count). The number of rotatable bonds is 5. The third-order valence-electron chi connectivity index (χ3n) is 4.51. The van der Waals surface area contributed by atoms with Gasteiger partial charge in [-0.3, -0.25) is 0 Å². The number of aryl methyl sites for hydroxylation is 1. The van der Waals surface area contributed by atoms with Crippen LogP contribution in [0.25, 0.3) is 0 Å². The molecule has 1 aliphatic rings. The van der Waals surface area contributed by atoms with E-state index in [9.17, 15) is 0 Å². The third-order valence-corrected chi connectivity index (χ3v) is 4.51. The SMILES string of the molecule is COc1ccc2c(c1)Oc1cc(C)ccc1C2NCCn1ccnc1. The summed E-state index contributed by atoms with van der Waals surface area (Å²) < 4.78 is 13.6. The maximum atomic E-state index is 6.15. The van der Waals surface area contributed by atoms with Gasteiger partial charge in [0.2, 0.25) is 0 Å². The molecule has 2 aromatic carbocycles. The number of hydrogen-bond acceptors (Lipinski definition) is 4. The molecule has 128 valence electrons. The van der Waals surface area contributed by atoms with Crippen molar-refractivity contribution in [3.05, 3.63) is 71.8 Å². The molecule has 0 aliphatic carbocycles. The summed E-state index contributed by atoms with van der Waals surface area (Å²) in [6, 6.07) is 12.5. The van der Waals surface area contributed by atoms with Gasteiger partial charge in [0.05, 0.1) is 19.5 Å². The minimum Gasteiger partial charge on any atom is -0.497 e. The highest BCUT2D eigenvalue weighted by Gasteiger charge is 2.27. The van der Waals surface area contributed by atoms with Gasteiger partial charge in [0.25, 0.3) is 0 Å². The number of fused-ring (bicyclic) bond motifs is 2. The number of hydrogen-bond donors (Lipinski definition) is 1. The second-order valence-corrected chi connectivity index (χ2v) is 6.23. The van der Waals surface area contributed by atoms with E-state index in [2.05, 4.69) is 46.1 Å². The predicted molar refractivity (Wildman–Crippen MR) is 96.3 cm³/mol. The average Bonchev–Trinajstić information content (AvgIpc) is 3.13. The van der Waals surface area contributed by atoms with Crippen LogP contribution in [-0.4, -0.2) is 23.2 Å². The number of nitrogens with one attached hydrogen (secondary N) is 1. The standard InChI is InChI=1S/C20H21N3O2/c1-14-3-5-16-18(11-14)25-19-12-15(24-2)4-6-17(19)20(16)22-8-10-23-9-7-21-13-23/h3-7,9,11-13,20,22H,8,10H2,1-2H3. The molecular weight excluding hydrogens is 314 g/mol. The summed E-state index contributed by atoms with van der Waals surface area (Å²) in [6.07, 6.45) is 5.61. The van der Waals surface area contributed by atoms with Crippen LogP contribution in [0.5, 0.6) is 17.2 Å². The molecule has 0 bridgehead atoms. The lowest BCUT2D eigenvalue weighted by atomic mass is 9.93. The monoisotopic (exact) mass is 335 g/mol. The fourth-order valence-corrected chi connectivity index (χ4v) is 3.20. The van der Waals surface area contributed by atoms with E-state index >= 15 is 0 Å². The minimum atomic E-state index is 0.0915. The maximum Gasteiger partial charge on any atom is 0.136 e. The molecular formula is C20H21N3O2. The molecule has 0 amide bonds. The molecule has 1 unspecified atom stereocenters. The summed E-state index contributed by atoms with van der Waals surface area (Å²) in [5, 5.41) is 3.66. The molecule has 1 atom stereocenters. The number of methoxy groups -OCH3 is 1. The van der Waals surface area contributed by atoms with Crippen LogP contribution >= 0.6 is 0 Å². The summed E-state index contributed by atoms with van der Waals surface area (Å²) in [5.74, 6) is 2.55. The van der Waals surface area contributed by atoms with Crippen LogP contribution in [0.4, 0.5) is 0 Å². The molecule has 0 spiro atoms. The van der Waals surface area contributed by atoms with Crippen LogP contribution in [0.15, 0.2) is 55.1 Å². The summed E-state index contributed by atoms with van der Waals surface area (Å²) in [4.78, 5) is 4.09. The normalized spacial score (nSPS) is 15.2. The Morgan fingerprint density at radius 3 is 2.72 bits per heavy atom. The second-order valence-electron chi connectivity index (χ2n) is 6.23. The highest BCUT2D eigenvalue weighted by Crippen LogP contribution is 2.44. The number of aromatic nitrogens is 2. The van der Waals surface area contributed by atoms with Gasteiger partial charge in [0.1, 0.15) is 17.2 Å². The van der Waals surface area contributed by atoms with Gasteiger partial charge in [0.15, 0.2) is 0 Å². The van der Waals surface area contributed by atoms with E-state index in [1.165, 1.54) is 5.56 Å².